The summed E-state index contributed by atoms with van der Waals surface area (Å²) in [6.45, 7) is 5.13. The Morgan fingerprint density at radius 3 is 2.46 bits per heavy atom. The normalized spacial score (nSPS) is 17.2. The molecule has 1 aliphatic heterocycles. The van der Waals surface area contributed by atoms with Gasteiger partial charge in [-0.05, 0) is 31.2 Å². The van der Waals surface area contributed by atoms with Crippen LogP contribution in [0.5, 0.6) is 0 Å². The Morgan fingerprint density at radius 1 is 1.08 bits per heavy atom. The molecule has 26 heavy (non-hydrogen) atoms. The van der Waals surface area contributed by atoms with Gasteiger partial charge in [0.15, 0.2) is 0 Å². The Labute approximate surface area is 157 Å². The van der Waals surface area contributed by atoms with Crippen molar-refractivity contribution in [3.05, 3.63) is 47.1 Å². The Hall–Kier alpha value is -1.74. The van der Waals surface area contributed by atoms with Gasteiger partial charge in [-0.2, -0.15) is 4.31 Å². The molecule has 4 rings (SSSR count). The first-order chi connectivity index (χ1) is 12.4. The summed E-state index contributed by atoms with van der Waals surface area (Å²) in [7, 11) is -1.33. The first-order valence-corrected chi connectivity index (χ1v) is 10.9. The molecule has 0 N–H and O–H groups in total. The fourth-order valence-corrected chi connectivity index (χ4v) is 6.20. The zero-order valence-electron chi connectivity index (χ0n) is 14.9. The number of para-hydroxylation sites is 2. The largest absolute Gasteiger partial charge is 0.330 e. The van der Waals surface area contributed by atoms with Gasteiger partial charge in [0, 0.05) is 38.1 Å². The fourth-order valence-electron chi connectivity index (χ4n) is 3.34. The van der Waals surface area contributed by atoms with Crippen LogP contribution in [0.3, 0.4) is 0 Å². The maximum atomic E-state index is 12.7. The van der Waals surface area contributed by atoms with E-state index in [1.54, 1.807) is 10.4 Å². The summed E-state index contributed by atoms with van der Waals surface area (Å²) in [5.74, 6) is 1.01. The van der Waals surface area contributed by atoms with E-state index in [4.69, 9.17) is 4.98 Å². The van der Waals surface area contributed by atoms with Crippen molar-refractivity contribution in [1.82, 2.24) is 18.8 Å². The summed E-state index contributed by atoms with van der Waals surface area (Å²) >= 11 is 1.34. The summed E-state index contributed by atoms with van der Waals surface area (Å²) in [5.41, 5.74) is 2.12. The van der Waals surface area contributed by atoms with Gasteiger partial charge in [-0.3, -0.25) is 4.90 Å². The van der Waals surface area contributed by atoms with Gasteiger partial charge >= 0.3 is 0 Å². The number of aromatic nitrogens is 2. The summed E-state index contributed by atoms with van der Waals surface area (Å²) in [6.07, 6.45) is 0. The van der Waals surface area contributed by atoms with Gasteiger partial charge in [-0.15, -0.1) is 11.3 Å². The predicted octanol–water partition coefficient (Wildman–Crippen LogP) is 2.45. The molecule has 1 saturated heterocycles. The van der Waals surface area contributed by atoms with Crippen LogP contribution in [-0.4, -0.2) is 53.4 Å². The first kappa shape index (κ1) is 17.7. The number of imidazole rings is 1. The van der Waals surface area contributed by atoms with Gasteiger partial charge in [0.2, 0.25) is 0 Å². The number of benzene rings is 1. The molecule has 1 aliphatic rings. The van der Waals surface area contributed by atoms with Gasteiger partial charge in [0.1, 0.15) is 10.0 Å². The van der Waals surface area contributed by atoms with Crippen molar-refractivity contribution in [2.45, 2.75) is 17.7 Å². The minimum absolute atomic E-state index is 0.443. The molecule has 2 aromatic heterocycles. The van der Waals surface area contributed by atoms with Crippen molar-refractivity contribution in [2.24, 2.45) is 7.05 Å². The third-order valence-electron chi connectivity index (χ3n) is 4.89. The highest BCUT2D eigenvalue weighted by Gasteiger charge is 2.29. The van der Waals surface area contributed by atoms with E-state index >= 15 is 0 Å². The van der Waals surface area contributed by atoms with Gasteiger partial charge in [-0.1, -0.05) is 12.1 Å². The number of sulfonamides is 1. The number of rotatable bonds is 4. The van der Waals surface area contributed by atoms with Gasteiger partial charge in [-0.25, -0.2) is 13.4 Å². The maximum absolute atomic E-state index is 12.7. The zero-order valence-corrected chi connectivity index (χ0v) is 16.6. The van der Waals surface area contributed by atoms with Gasteiger partial charge in [0.05, 0.1) is 17.6 Å². The summed E-state index contributed by atoms with van der Waals surface area (Å²) in [5, 5.41) is 0. The van der Waals surface area contributed by atoms with E-state index in [1.807, 2.05) is 38.2 Å². The highest BCUT2D eigenvalue weighted by Crippen LogP contribution is 2.25. The number of thiophene rings is 1. The van der Waals surface area contributed by atoms with Crippen LogP contribution in [-0.2, 0) is 23.6 Å². The molecular formula is C18H22N4O2S2. The number of hydrogen-bond acceptors (Lipinski definition) is 5. The van der Waals surface area contributed by atoms with Crippen LogP contribution in [0.2, 0.25) is 0 Å². The molecular weight excluding hydrogens is 368 g/mol. The Bertz CT molecular complexity index is 1030. The summed E-state index contributed by atoms with van der Waals surface area (Å²) < 4.78 is 29.6. The van der Waals surface area contributed by atoms with Gasteiger partial charge < -0.3 is 4.57 Å². The molecule has 0 aliphatic carbocycles. The molecule has 6 nitrogen and oxygen atoms in total. The molecule has 3 aromatic rings. The molecule has 138 valence electrons. The second-order valence-corrected chi connectivity index (χ2v) is 10.1. The number of hydrogen-bond donors (Lipinski definition) is 0. The van der Waals surface area contributed by atoms with Crippen molar-refractivity contribution in [1.29, 1.82) is 0 Å². The summed E-state index contributed by atoms with van der Waals surface area (Å²) in [4.78, 5) is 8.00. The SMILES string of the molecule is Cc1ccc(S(=O)(=O)N2CCN(Cc3nc4ccccc4n3C)CC2)s1. The molecule has 0 spiro atoms. The minimum Gasteiger partial charge on any atom is -0.330 e. The van der Waals surface area contributed by atoms with Crippen LogP contribution >= 0.6 is 11.3 Å². The molecule has 0 atom stereocenters. The lowest BCUT2D eigenvalue weighted by atomic mass is 10.3. The van der Waals surface area contributed by atoms with Crippen molar-refractivity contribution in [3.8, 4) is 0 Å². The van der Waals surface area contributed by atoms with Crippen molar-refractivity contribution >= 4 is 32.4 Å². The Kier molecular flexibility index (Phi) is 4.60. The van der Waals surface area contributed by atoms with E-state index in [2.05, 4.69) is 15.5 Å². The van der Waals surface area contributed by atoms with Crippen LogP contribution in [0, 0.1) is 6.92 Å². The van der Waals surface area contributed by atoms with Crippen LogP contribution in [0.1, 0.15) is 10.7 Å². The number of piperazine rings is 1. The van der Waals surface area contributed by atoms with E-state index in [0.29, 0.717) is 30.4 Å². The van der Waals surface area contributed by atoms with Crippen LogP contribution in [0.4, 0.5) is 0 Å². The molecule has 3 heterocycles. The molecule has 0 bridgehead atoms. The number of nitrogens with zero attached hydrogens (tertiary/aromatic N) is 4. The molecule has 0 amide bonds. The second-order valence-electron chi connectivity index (χ2n) is 6.62. The zero-order chi connectivity index (χ0) is 18.3. The second kappa shape index (κ2) is 6.77. The quantitative estimate of drug-likeness (QED) is 0.687. The van der Waals surface area contributed by atoms with E-state index < -0.39 is 10.0 Å². The topological polar surface area (TPSA) is 58.4 Å². The lowest BCUT2D eigenvalue weighted by Crippen LogP contribution is -2.48. The van der Waals surface area contributed by atoms with Gasteiger partial charge in [0.25, 0.3) is 10.0 Å². The first-order valence-electron chi connectivity index (χ1n) is 8.64. The third-order valence-corrected chi connectivity index (χ3v) is 8.25. The predicted molar refractivity (Wildman–Crippen MR) is 104 cm³/mol. The van der Waals surface area contributed by atoms with E-state index in [1.165, 1.54) is 11.3 Å². The third kappa shape index (κ3) is 3.18. The molecule has 0 radical (unpaired) electrons. The van der Waals surface area contributed by atoms with Crippen molar-refractivity contribution in [3.63, 3.8) is 0 Å². The smallest absolute Gasteiger partial charge is 0.252 e. The minimum atomic E-state index is -3.36. The monoisotopic (exact) mass is 390 g/mol. The molecule has 1 aromatic carbocycles. The maximum Gasteiger partial charge on any atom is 0.252 e. The van der Waals surface area contributed by atoms with E-state index in [9.17, 15) is 8.42 Å². The van der Waals surface area contributed by atoms with Crippen LogP contribution in [0.25, 0.3) is 11.0 Å². The molecule has 0 unspecified atom stereocenters. The van der Waals surface area contributed by atoms with Crippen molar-refractivity contribution in [2.75, 3.05) is 26.2 Å². The lowest BCUT2D eigenvalue weighted by molar-refractivity contribution is 0.177. The highest BCUT2D eigenvalue weighted by atomic mass is 32.2. The molecule has 1 fully saturated rings. The average Bonchev–Trinajstić information content (AvgIpc) is 3.21. The highest BCUT2D eigenvalue weighted by molar-refractivity contribution is 7.91. The number of aryl methyl sites for hydroxylation is 2. The molecule has 0 saturated carbocycles. The fraction of sp³-hybridized carbons (Fsp3) is 0.389. The van der Waals surface area contributed by atoms with Crippen LogP contribution in [0.15, 0.2) is 40.6 Å². The van der Waals surface area contributed by atoms with E-state index in [0.717, 1.165) is 28.3 Å². The summed E-state index contributed by atoms with van der Waals surface area (Å²) in [6, 6.07) is 11.7. The van der Waals surface area contributed by atoms with Crippen molar-refractivity contribution < 1.29 is 8.42 Å². The average molecular weight is 391 g/mol. The standard InChI is InChI=1S/C18H22N4O2S2/c1-14-7-8-18(25-14)26(23,24)22-11-9-21(10-12-22)13-17-19-15-5-3-4-6-16(15)20(17)2/h3-8H,9-13H2,1-2H3. The Morgan fingerprint density at radius 2 is 1.81 bits per heavy atom. The lowest BCUT2D eigenvalue weighted by Gasteiger charge is -2.33. The van der Waals surface area contributed by atoms with Crippen LogP contribution < -0.4 is 0 Å². The number of fused-ring (bicyclic) bond motifs is 1. The molecule has 8 heteroatoms. The van der Waals surface area contributed by atoms with E-state index in [-0.39, 0.29) is 0 Å². The Balaban J connectivity index is 1.44.